The number of carbonyl (C=O) groups is 4. The number of carbonyl (C=O) groups excluding carboxylic acids is 4. The number of nitrogens with zero attached hydrogens (tertiary/aromatic N) is 4. The molecule has 18 nitrogen and oxygen atoms in total. The van der Waals surface area contributed by atoms with E-state index < -0.39 is 74.4 Å². The summed E-state index contributed by atoms with van der Waals surface area (Å²) in [4.78, 5) is 83.1. The van der Waals surface area contributed by atoms with Crippen LogP contribution in [0.25, 0.3) is 0 Å². The van der Waals surface area contributed by atoms with Gasteiger partial charge in [0.2, 0.25) is 23.6 Å². The number of nitro benzene ring substituents is 3. The van der Waals surface area contributed by atoms with E-state index in [9.17, 15) is 49.5 Å². The molecule has 0 aromatic heterocycles. The average molecular weight is 601 g/mol. The lowest BCUT2D eigenvalue weighted by atomic mass is 10.0. The number of nitro groups is 3. The summed E-state index contributed by atoms with van der Waals surface area (Å²) in [5.74, 6) is -2.46. The highest BCUT2D eigenvalue weighted by molar-refractivity contribution is 5.98. The van der Waals surface area contributed by atoms with Gasteiger partial charge in [-0.25, -0.2) is 0 Å². The van der Waals surface area contributed by atoms with Crippen LogP contribution in [-0.2, 0) is 19.2 Å². The van der Waals surface area contributed by atoms with E-state index in [2.05, 4.69) is 21.3 Å². The minimum atomic E-state index is -1.49. The number of likely N-dealkylation sites (tertiary alicyclic amines) is 1. The molecular formula is C25H28N8O10. The van der Waals surface area contributed by atoms with Crippen LogP contribution in [0.5, 0.6) is 0 Å². The van der Waals surface area contributed by atoms with Crippen LogP contribution in [0.1, 0.15) is 26.7 Å². The van der Waals surface area contributed by atoms with Crippen LogP contribution in [-0.4, -0.2) is 74.5 Å². The molecule has 4 N–H and O–H groups in total. The largest absolute Gasteiger partial charge is 0.371 e. The fourth-order valence-electron chi connectivity index (χ4n) is 4.35. The van der Waals surface area contributed by atoms with Crippen molar-refractivity contribution in [2.24, 2.45) is 0 Å². The van der Waals surface area contributed by atoms with Gasteiger partial charge in [0.15, 0.2) is 0 Å². The van der Waals surface area contributed by atoms with Gasteiger partial charge >= 0.3 is 0 Å². The molecule has 1 fully saturated rings. The van der Waals surface area contributed by atoms with Gasteiger partial charge in [-0.05, 0) is 44.9 Å². The van der Waals surface area contributed by atoms with Gasteiger partial charge in [-0.3, -0.25) is 49.5 Å². The van der Waals surface area contributed by atoms with E-state index in [1.807, 2.05) is 0 Å². The number of rotatable bonds is 12. The maximum Gasteiger partial charge on any atom is 0.299 e. The Kier molecular flexibility index (Phi) is 9.86. The first-order valence-corrected chi connectivity index (χ1v) is 12.8. The molecule has 4 amide bonds. The molecule has 2 aromatic rings. The molecule has 3 rings (SSSR count). The average Bonchev–Trinajstić information content (AvgIpc) is 3.44. The van der Waals surface area contributed by atoms with Crippen molar-refractivity contribution in [3.63, 3.8) is 0 Å². The van der Waals surface area contributed by atoms with E-state index in [0.29, 0.717) is 12.8 Å². The highest BCUT2D eigenvalue weighted by atomic mass is 16.6. The summed E-state index contributed by atoms with van der Waals surface area (Å²) in [6.45, 7) is 2.15. The van der Waals surface area contributed by atoms with Gasteiger partial charge < -0.3 is 26.2 Å². The van der Waals surface area contributed by atoms with Crippen molar-refractivity contribution in [3.8, 4) is 0 Å². The van der Waals surface area contributed by atoms with Crippen molar-refractivity contribution in [3.05, 3.63) is 72.8 Å². The van der Waals surface area contributed by atoms with Crippen LogP contribution < -0.4 is 21.3 Å². The normalized spacial score (nSPS) is 14.4. The molecule has 18 heteroatoms. The lowest BCUT2D eigenvalue weighted by molar-refractivity contribution is -0.393. The molecule has 0 saturated carbocycles. The molecule has 1 heterocycles. The Hall–Kier alpha value is -5.68. The predicted octanol–water partition coefficient (Wildman–Crippen LogP) is 1.46. The second-order valence-electron chi connectivity index (χ2n) is 9.97. The second-order valence-corrected chi connectivity index (χ2v) is 9.97. The number of benzene rings is 2. The van der Waals surface area contributed by atoms with Crippen molar-refractivity contribution in [2.45, 2.75) is 38.3 Å². The first-order valence-electron chi connectivity index (χ1n) is 12.8. The number of non-ortho nitro benzene ring substituents is 2. The SMILES string of the molecule is CC(C)(NC(=O)CNc1ccc([N+](=O)[O-])cc1[N+](=O)[O-])C(=O)N1CCC[C@H]1C(=O)NCC(=O)Nc1ccc([N+](=O)[O-])cc1. The zero-order valence-electron chi connectivity index (χ0n) is 23.0. The Balaban J connectivity index is 1.55. The fraction of sp³-hybridized carbons (Fsp3) is 0.360. The minimum absolute atomic E-state index is 0.135. The Morgan fingerprint density at radius 2 is 1.51 bits per heavy atom. The number of hydrogen-bond acceptors (Lipinski definition) is 11. The highest BCUT2D eigenvalue weighted by Crippen LogP contribution is 2.29. The summed E-state index contributed by atoms with van der Waals surface area (Å²) < 4.78 is 0. The first kappa shape index (κ1) is 31.8. The summed E-state index contributed by atoms with van der Waals surface area (Å²) in [7, 11) is 0. The molecule has 228 valence electrons. The lowest BCUT2D eigenvalue weighted by Gasteiger charge is -2.33. The van der Waals surface area contributed by atoms with Crippen molar-refractivity contribution >= 4 is 52.1 Å². The van der Waals surface area contributed by atoms with E-state index >= 15 is 0 Å². The summed E-state index contributed by atoms with van der Waals surface area (Å²) in [6, 6.07) is 7.10. The van der Waals surface area contributed by atoms with E-state index in [1.165, 1.54) is 43.0 Å². The van der Waals surface area contributed by atoms with Gasteiger partial charge in [-0.2, -0.15) is 0 Å². The molecule has 43 heavy (non-hydrogen) atoms. The highest BCUT2D eigenvalue weighted by Gasteiger charge is 2.41. The quantitative estimate of drug-likeness (QED) is 0.200. The van der Waals surface area contributed by atoms with Gasteiger partial charge in [0.1, 0.15) is 17.3 Å². The zero-order chi connectivity index (χ0) is 31.9. The monoisotopic (exact) mass is 600 g/mol. The topological polar surface area (TPSA) is 249 Å². The molecular weight excluding hydrogens is 572 g/mol. The molecule has 0 spiro atoms. The molecule has 1 aliphatic rings. The zero-order valence-corrected chi connectivity index (χ0v) is 23.0. The summed E-state index contributed by atoms with van der Waals surface area (Å²) in [6.07, 6.45) is 0.811. The van der Waals surface area contributed by atoms with Gasteiger partial charge in [0.05, 0.1) is 33.9 Å². The number of anilines is 2. The Morgan fingerprint density at radius 3 is 2.12 bits per heavy atom. The third-order valence-electron chi connectivity index (χ3n) is 6.42. The van der Waals surface area contributed by atoms with Crippen LogP contribution in [0.4, 0.5) is 28.4 Å². The molecule has 1 atom stereocenters. The summed E-state index contributed by atoms with van der Waals surface area (Å²) in [5, 5.41) is 43.0. The van der Waals surface area contributed by atoms with E-state index in [1.54, 1.807) is 0 Å². The van der Waals surface area contributed by atoms with Crippen LogP contribution in [0, 0.1) is 30.3 Å². The smallest absolute Gasteiger partial charge is 0.299 e. The van der Waals surface area contributed by atoms with Gasteiger partial charge in [0.25, 0.3) is 17.1 Å². The predicted molar refractivity (Wildman–Crippen MR) is 150 cm³/mol. The van der Waals surface area contributed by atoms with E-state index in [-0.39, 0.29) is 23.6 Å². The number of hydrogen-bond donors (Lipinski definition) is 4. The molecule has 1 aliphatic heterocycles. The molecule has 0 unspecified atom stereocenters. The second kappa shape index (κ2) is 13.3. The molecule has 0 radical (unpaired) electrons. The van der Waals surface area contributed by atoms with Crippen molar-refractivity contribution in [1.82, 2.24) is 15.5 Å². The number of nitrogens with one attached hydrogen (secondary N) is 4. The Labute approximate surface area is 243 Å². The van der Waals surface area contributed by atoms with Crippen molar-refractivity contribution in [2.75, 3.05) is 30.3 Å². The standard InChI is InChI=1S/C25H28N8O10/c1-25(2,29-22(35)14-26-18-10-9-17(32(40)41)12-20(18)33(42)43)24(37)30-11-3-4-19(30)23(36)27-13-21(34)28-15-5-7-16(8-6-15)31(38)39/h5-10,12,19,26H,3-4,11,13-14H2,1-2H3,(H,27,36)(H,28,34)(H,29,35)/t19-/m0/s1. The molecule has 1 saturated heterocycles. The number of amides is 4. The van der Waals surface area contributed by atoms with E-state index in [4.69, 9.17) is 0 Å². The fourth-order valence-corrected chi connectivity index (χ4v) is 4.35. The summed E-state index contributed by atoms with van der Waals surface area (Å²) >= 11 is 0. The van der Waals surface area contributed by atoms with Crippen molar-refractivity contribution in [1.29, 1.82) is 0 Å². The molecule has 0 bridgehead atoms. The Morgan fingerprint density at radius 1 is 0.884 bits per heavy atom. The third kappa shape index (κ3) is 8.18. The van der Waals surface area contributed by atoms with Gasteiger partial charge in [-0.1, -0.05) is 0 Å². The molecule has 0 aliphatic carbocycles. The Bertz CT molecular complexity index is 1460. The van der Waals surface area contributed by atoms with Gasteiger partial charge in [-0.15, -0.1) is 0 Å². The van der Waals surface area contributed by atoms with Crippen molar-refractivity contribution < 1.29 is 33.9 Å². The van der Waals surface area contributed by atoms with Crippen LogP contribution >= 0.6 is 0 Å². The molecule has 2 aromatic carbocycles. The maximum absolute atomic E-state index is 13.3. The van der Waals surface area contributed by atoms with Gasteiger partial charge in [0, 0.05) is 30.4 Å². The first-order chi connectivity index (χ1) is 20.2. The lowest BCUT2D eigenvalue weighted by Crippen LogP contribution is -2.59. The van der Waals surface area contributed by atoms with Crippen LogP contribution in [0.3, 0.4) is 0 Å². The van der Waals surface area contributed by atoms with Crippen LogP contribution in [0.15, 0.2) is 42.5 Å². The third-order valence-corrected chi connectivity index (χ3v) is 6.42. The van der Waals surface area contributed by atoms with E-state index in [0.717, 1.165) is 18.2 Å². The maximum atomic E-state index is 13.3. The summed E-state index contributed by atoms with van der Waals surface area (Å²) in [5.41, 5.74) is -2.59. The minimum Gasteiger partial charge on any atom is -0.371 e. The van der Waals surface area contributed by atoms with Crippen LogP contribution in [0.2, 0.25) is 0 Å².